The van der Waals surface area contributed by atoms with Crippen molar-refractivity contribution in [3.8, 4) is 0 Å². The van der Waals surface area contributed by atoms with Crippen molar-refractivity contribution in [2.45, 2.75) is 47.1 Å². The molecule has 0 amide bonds. The highest BCUT2D eigenvalue weighted by atomic mass is 15.5. The molecule has 4 nitrogen and oxygen atoms in total. The van der Waals surface area contributed by atoms with E-state index in [0.29, 0.717) is 0 Å². The molecule has 0 saturated heterocycles. The molecule has 1 aromatic heterocycles. The molecule has 1 heterocycles. The van der Waals surface area contributed by atoms with Gasteiger partial charge in [0.2, 0.25) is 0 Å². The standard InChI is InChI=1S/C9H18N4/c1-5-6-8-10-11-12-13(8)7-9(2,3)4/h5-7H2,1-4H3. The van der Waals surface area contributed by atoms with E-state index in [9.17, 15) is 0 Å². The molecular weight excluding hydrogens is 164 g/mol. The second-order valence-electron chi connectivity index (χ2n) is 4.56. The zero-order chi connectivity index (χ0) is 9.90. The number of hydrogen-bond donors (Lipinski definition) is 0. The van der Waals surface area contributed by atoms with Crippen LogP contribution in [0.4, 0.5) is 0 Å². The minimum absolute atomic E-state index is 0.234. The normalized spacial score (nSPS) is 12.0. The lowest BCUT2D eigenvalue weighted by Crippen LogP contribution is -2.18. The molecule has 4 heteroatoms. The van der Waals surface area contributed by atoms with Crippen LogP contribution in [0.3, 0.4) is 0 Å². The van der Waals surface area contributed by atoms with E-state index in [-0.39, 0.29) is 5.41 Å². The second-order valence-corrected chi connectivity index (χ2v) is 4.56. The lowest BCUT2D eigenvalue weighted by atomic mass is 9.97. The van der Waals surface area contributed by atoms with Gasteiger partial charge in [-0.2, -0.15) is 0 Å². The smallest absolute Gasteiger partial charge is 0.151 e. The summed E-state index contributed by atoms with van der Waals surface area (Å²) < 4.78 is 1.91. The molecule has 0 spiro atoms. The fourth-order valence-electron chi connectivity index (χ4n) is 1.20. The first-order valence-electron chi connectivity index (χ1n) is 4.78. The quantitative estimate of drug-likeness (QED) is 0.714. The van der Waals surface area contributed by atoms with Crippen molar-refractivity contribution in [2.24, 2.45) is 5.41 Å². The monoisotopic (exact) mass is 182 g/mol. The molecule has 0 aromatic carbocycles. The van der Waals surface area contributed by atoms with Gasteiger partial charge >= 0.3 is 0 Å². The molecule has 13 heavy (non-hydrogen) atoms. The van der Waals surface area contributed by atoms with Gasteiger partial charge in [0.1, 0.15) is 0 Å². The van der Waals surface area contributed by atoms with Gasteiger partial charge < -0.3 is 0 Å². The Morgan fingerprint density at radius 3 is 2.54 bits per heavy atom. The first-order valence-corrected chi connectivity index (χ1v) is 4.78. The van der Waals surface area contributed by atoms with Crippen molar-refractivity contribution in [3.63, 3.8) is 0 Å². The van der Waals surface area contributed by atoms with Crippen LogP contribution in [0.5, 0.6) is 0 Å². The van der Waals surface area contributed by atoms with Gasteiger partial charge in [-0.3, -0.25) is 0 Å². The highest BCUT2D eigenvalue weighted by Crippen LogP contribution is 2.16. The molecule has 0 fully saturated rings. The van der Waals surface area contributed by atoms with Gasteiger partial charge in [-0.05, 0) is 22.3 Å². The Balaban J connectivity index is 2.70. The van der Waals surface area contributed by atoms with Crippen LogP contribution in [-0.4, -0.2) is 20.2 Å². The minimum Gasteiger partial charge on any atom is -0.229 e. The predicted molar refractivity (Wildman–Crippen MR) is 51.3 cm³/mol. The van der Waals surface area contributed by atoms with E-state index in [1.807, 2.05) is 4.68 Å². The average molecular weight is 182 g/mol. The summed E-state index contributed by atoms with van der Waals surface area (Å²) in [6.07, 6.45) is 2.05. The Labute approximate surface area is 79.3 Å². The van der Waals surface area contributed by atoms with Gasteiger partial charge in [-0.15, -0.1) is 5.10 Å². The number of hydrogen-bond acceptors (Lipinski definition) is 3. The van der Waals surface area contributed by atoms with Gasteiger partial charge in [0, 0.05) is 13.0 Å². The molecule has 0 saturated carbocycles. The topological polar surface area (TPSA) is 43.6 Å². The van der Waals surface area contributed by atoms with E-state index >= 15 is 0 Å². The lowest BCUT2D eigenvalue weighted by Gasteiger charge is -2.18. The third-order valence-electron chi connectivity index (χ3n) is 1.70. The van der Waals surface area contributed by atoms with Crippen LogP contribution in [0.15, 0.2) is 0 Å². The number of tetrazole rings is 1. The first-order chi connectivity index (χ1) is 6.03. The summed E-state index contributed by atoms with van der Waals surface area (Å²) in [4.78, 5) is 0. The van der Waals surface area contributed by atoms with Crippen LogP contribution in [0.25, 0.3) is 0 Å². The molecule has 0 aliphatic heterocycles. The number of nitrogens with zero attached hydrogens (tertiary/aromatic N) is 4. The van der Waals surface area contributed by atoms with Gasteiger partial charge in [0.25, 0.3) is 0 Å². The van der Waals surface area contributed by atoms with Gasteiger partial charge in [-0.25, -0.2) is 4.68 Å². The summed E-state index contributed by atoms with van der Waals surface area (Å²) in [5, 5.41) is 11.7. The molecule has 0 unspecified atom stereocenters. The van der Waals surface area contributed by atoms with Crippen LogP contribution in [0.2, 0.25) is 0 Å². The highest BCUT2D eigenvalue weighted by molar-refractivity contribution is 4.81. The molecule has 74 valence electrons. The predicted octanol–water partition coefficient (Wildman–Crippen LogP) is 1.67. The summed E-state index contributed by atoms with van der Waals surface area (Å²) >= 11 is 0. The third kappa shape index (κ3) is 3.13. The van der Waals surface area contributed by atoms with E-state index in [0.717, 1.165) is 25.2 Å². The highest BCUT2D eigenvalue weighted by Gasteiger charge is 2.14. The largest absolute Gasteiger partial charge is 0.229 e. The van der Waals surface area contributed by atoms with E-state index in [1.165, 1.54) is 0 Å². The van der Waals surface area contributed by atoms with Crippen molar-refractivity contribution in [2.75, 3.05) is 0 Å². The fourth-order valence-corrected chi connectivity index (χ4v) is 1.20. The number of aryl methyl sites for hydroxylation is 1. The Morgan fingerprint density at radius 2 is 2.00 bits per heavy atom. The van der Waals surface area contributed by atoms with Gasteiger partial charge in [0.05, 0.1) is 0 Å². The summed E-state index contributed by atoms with van der Waals surface area (Å²) in [6.45, 7) is 9.57. The van der Waals surface area contributed by atoms with Crippen LogP contribution < -0.4 is 0 Å². The molecule has 0 bridgehead atoms. The van der Waals surface area contributed by atoms with Crippen molar-refractivity contribution >= 4 is 0 Å². The van der Waals surface area contributed by atoms with E-state index in [2.05, 4.69) is 43.2 Å². The third-order valence-corrected chi connectivity index (χ3v) is 1.70. The Bertz CT molecular complexity index is 259. The van der Waals surface area contributed by atoms with Crippen LogP contribution >= 0.6 is 0 Å². The van der Waals surface area contributed by atoms with Gasteiger partial charge in [-0.1, -0.05) is 27.7 Å². The van der Waals surface area contributed by atoms with Gasteiger partial charge in [0.15, 0.2) is 5.82 Å². The molecule has 0 aliphatic rings. The van der Waals surface area contributed by atoms with Crippen molar-refractivity contribution < 1.29 is 0 Å². The molecule has 0 N–H and O–H groups in total. The van der Waals surface area contributed by atoms with E-state index < -0.39 is 0 Å². The number of rotatable bonds is 3. The lowest BCUT2D eigenvalue weighted by molar-refractivity contribution is 0.315. The maximum atomic E-state index is 3.99. The summed E-state index contributed by atoms with van der Waals surface area (Å²) in [5.41, 5.74) is 0.234. The maximum Gasteiger partial charge on any atom is 0.151 e. The second kappa shape index (κ2) is 3.85. The van der Waals surface area contributed by atoms with Crippen molar-refractivity contribution in [1.82, 2.24) is 20.2 Å². The summed E-state index contributed by atoms with van der Waals surface area (Å²) in [6, 6.07) is 0. The van der Waals surface area contributed by atoms with Crippen LogP contribution in [0, 0.1) is 5.41 Å². The zero-order valence-electron chi connectivity index (χ0n) is 8.91. The average Bonchev–Trinajstić information content (AvgIpc) is 2.34. The maximum absolute atomic E-state index is 3.99. The molecule has 0 radical (unpaired) electrons. The Morgan fingerprint density at radius 1 is 1.31 bits per heavy atom. The van der Waals surface area contributed by atoms with Crippen LogP contribution in [-0.2, 0) is 13.0 Å². The molecule has 1 aromatic rings. The minimum atomic E-state index is 0.234. The molecule has 1 rings (SSSR count). The molecule has 0 atom stereocenters. The van der Waals surface area contributed by atoms with Crippen LogP contribution in [0.1, 0.15) is 39.9 Å². The zero-order valence-corrected chi connectivity index (χ0v) is 8.91. The SMILES string of the molecule is CCCc1nnnn1CC(C)(C)C. The number of aromatic nitrogens is 4. The first kappa shape index (κ1) is 10.2. The fraction of sp³-hybridized carbons (Fsp3) is 0.889. The molecule has 0 aliphatic carbocycles. The molecular formula is C9H18N4. The summed E-state index contributed by atoms with van der Waals surface area (Å²) in [7, 11) is 0. The van der Waals surface area contributed by atoms with E-state index in [4.69, 9.17) is 0 Å². The van der Waals surface area contributed by atoms with Crippen molar-refractivity contribution in [3.05, 3.63) is 5.82 Å². The Kier molecular flexibility index (Phi) is 3.01. The Hall–Kier alpha value is -0.930. The van der Waals surface area contributed by atoms with Crippen molar-refractivity contribution in [1.29, 1.82) is 0 Å². The van der Waals surface area contributed by atoms with E-state index in [1.54, 1.807) is 0 Å². The summed E-state index contributed by atoms with van der Waals surface area (Å²) in [5.74, 6) is 0.998.